The molecule has 1 aromatic carbocycles. The molecule has 0 bridgehead atoms. The molecule has 150 valence electrons. The number of carbonyl (C=O) groups is 1. The molecule has 1 atom stereocenters. The SMILES string of the molecule is O=C(NCc1ccc(-n2ccnc2)nc1)[C@H]1CCn2c(cnc2-c2ccccc2)C1. The summed E-state index contributed by atoms with van der Waals surface area (Å²) in [7, 11) is 0. The van der Waals surface area contributed by atoms with Crippen molar-refractivity contribution in [2.75, 3.05) is 0 Å². The normalized spacial score (nSPS) is 15.5. The van der Waals surface area contributed by atoms with E-state index in [-0.39, 0.29) is 11.8 Å². The number of nitrogens with one attached hydrogen (secondary N) is 1. The summed E-state index contributed by atoms with van der Waals surface area (Å²) in [4.78, 5) is 25.8. The minimum Gasteiger partial charge on any atom is -0.352 e. The third kappa shape index (κ3) is 3.61. The van der Waals surface area contributed by atoms with E-state index in [0.717, 1.165) is 41.4 Å². The van der Waals surface area contributed by atoms with Crippen molar-refractivity contribution in [3.05, 3.63) is 84.8 Å². The molecule has 1 aliphatic heterocycles. The van der Waals surface area contributed by atoms with Crippen molar-refractivity contribution in [2.45, 2.75) is 25.9 Å². The topological polar surface area (TPSA) is 77.6 Å². The fraction of sp³-hybridized carbons (Fsp3) is 0.217. The van der Waals surface area contributed by atoms with Crippen LogP contribution in [0.3, 0.4) is 0 Å². The van der Waals surface area contributed by atoms with E-state index in [0.29, 0.717) is 13.0 Å². The van der Waals surface area contributed by atoms with Crippen molar-refractivity contribution < 1.29 is 4.79 Å². The molecular weight excluding hydrogens is 376 g/mol. The van der Waals surface area contributed by atoms with Gasteiger partial charge in [0.15, 0.2) is 0 Å². The Labute approximate surface area is 174 Å². The Kier molecular flexibility index (Phi) is 4.85. The minimum absolute atomic E-state index is 0.0315. The summed E-state index contributed by atoms with van der Waals surface area (Å²) in [5, 5.41) is 3.06. The molecule has 3 aromatic heterocycles. The van der Waals surface area contributed by atoms with Gasteiger partial charge in [-0.2, -0.15) is 0 Å². The van der Waals surface area contributed by atoms with Gasteiger partial charge in [-0.25, -0.2) is 15.0 Å². The van der Waals surface area contributed by atoms with Crippen LogP contribution in [-0.4, -0.2) is 30.0 Å². The Morgan fingerprint density at radius 3 is 2.77 bits per heavy atom. The molecule has 0 aliphatic carbocycles. The van der Waals surface area contributed by atoms with Gasteiger partial charge in [0.25, 0.3) is 0 Å². The first-order valence-electron chi connectivity index (χ1n) is 10.1. The van der Waals surface area contributed by atoms with Crippen LogP contribution in [0.2, 0.25) is 0 Å². The molecule has 0 unspecified atom stereocenters. The number of pyridine rings is 1. The average molecular weight is 398 g/mol. The maximum absolute atomic E-state index is 12.7. The number of amides is 1. The first-order valence-corrected chi connectivity index (χ1v) is 10.1. The molecule has 30 heavy (non-hydrogen) atoms. The lowest BCUT2D eigenvalue weighted by Crippen LogP contribution is -2.35. The summed E-state index contributed by atoms with van der Waals surface area (Å²) in [6.07, 6.45) is 10.5. The molecular formula is C23H22N6O. The van der Waals surface area contributed by atoms with Gasteiger partial charge in [0.1, 0.15) is 18.0 Å². The number of fused-ring (bicyclic) bond motifs is 1. The largest absolute Gasteiger partial charge is 0.352 e. The van der Waals surface area contributed by atoms with E-state index in [9.17, 15) is 4.79 Å². The number of rotatable bonds is 5. The standard InChI is InChI=1S/C23H22N6O/c30-23(27-14-17-6-7-21(25-13-17)28-11-9-24-16-28)19-8-10-29-20(12-19)15-26-22(29)18-4-2-1-3-5-18/h1-7,9,11,13,15-16,19H,8,10,12,14H2,(H,27,30)/t19-/m0/s1. The molecule has 0 spiro atoms. The van der Waals surface area contributed by atoms with Gasteiger partial charge in [-0.15, -0.1) is 0 Å². The molecule has 1 aliphatic rings. The van der Waals surface area contributed by atoms with Gasteiger partial charge in [-0.05, 0) is 18.1 Å². The van der Waals surface area contributed by atoms with E-state index in [1.165, 1.54) is 0 Å². The highest BCUT2D eigenvalue weighted by Crippen LogP contribution is 2.27. The monoisotopic (exact) mass is 398 g/mol. The fourth-order valence-corrected chi connectivity index (χ4v) is 3.91. The second kappa shape index (κ2) is 7.94. The number of hydrogen-bond donors (Lipinski definition) is 1. The molecule has 7 heteroatoms. The third-order valence-corrected chi connectivity index (χ3v) is 5.54. The number of hydrogen-bond acceptors (Lipinski definition) is 4. The summed E-state index contributed by atoms with van der Waals surface area (Å²) in [6.45, 7) is 1.28. The second-order valence-corrected chi connectivity index (χ2v) is 7.49. The lowest BCUT2D eigenvalue weighted by molar-refractivity contribution is -0.125. The summed E-state index contributed by atoms with van der Waals surface area (Å²) >= 11 is 0. The van der Waals surface area contributed by atoms with Gasteiger partial charge in [-0.1, -0.05) is 36.4 Å². The molecule has 4 heterocycles. The summed E-state index contributed by atoms with van der Waals surface area (Å²) in [6, 6.07) is 14.1. The van der Waals surface area contributed by atoms with Crippen LogP contribution in [0.15, 0.2) is 73.6 Å². The zero-order valence-electron chi connectivity index (χ0n) is 16.5. The molecule has 1 amide bonds. The lowest BCUT2D eigenvalue weighted by atomic mass is 9.95. The van der Waals surface area contributed by atoms with E-state index in [2.05, 4.69) is 37.0 Å². The predicted molar refractivity (Wildman–Crippen MR) is 113 cm³/mol. The van der Waals surface area contributed by atoms with Gasteiger partial charge in [0, 0.05) is 61.5 Å². The molecule has 0 radical (unpaired) electrons. The van der Waals surface area contributed by atoms with E-state index < -0.39 is 0 Å². The molecule has 0 saturated carbocycles. The number of nitrogens with zero attached hydrogens (tertiary/aromatic N) is 5. The van der Waals surface area contributed by atoms with E-state index in [1.54, 1.807) is 18.7 Å². The maximum Gasteiger partial charge on any atom is 0.223 e. The Morgan fingerprint density at radius 1 is 1.10 bits per heavy atom. The second-order valence-electron chi connectivity index (χ2n) is 7.49. The van der Waals surface area contributed by atoms with Crippen molar-refractivity contribution in [1.82, 2.24) is 29.4 Å². The highest BCUT2D eigenvalue weighted by molar-refractivity contribution is 5.79. The smallest absolute Gasteiger partial charge is 0.223 e. The van der Waals surface area contributed by atoms with E-state index >= 15 is 0 Å². The average Bonchev–Trinajstić information content (AvgIpc) is 3.48. The van der Waals surface area contributed by atoms with Crippen LogP contribution in [0.1, 0.15) is 17.7 Å². The molecule has 4 aromatic rings. The third-order valence-electron chi connectivity index (χ3n) is 5.54. The van der Waals surface area contributed by atoms with Gasteiger partial charge in [-0.3, -0.25) is 9.36 Å². The maximum atomic E-state index is 12.7. The molecule has 7 nitrogen and oxygen atoms in total. The molecule has 0 fully saturated rings. The van der Waals surface area contributed by atoms with Gasteiger partial charge < -0.3 is 9.88 Å². The minimum atomic E-state index is -0.0315. The van der Waals surface area contributed by atoms with Crippen molar-refractivity contribution in [1.29, 1.82) is 0 Å². The van der Waals surface area contributed by atoms with Crippen molar-refractivity contribution >= 4 is 5.91 Å². The first-order chi connectivity index (χ1) is 14.8. The van der Waals surface area contributed by atoms with Crippen LogP contribution < -0.4 is 5.32 Å². The summed E-state index contributed by atoms with van der Waals surface area (Å²) < 4.78 is 4.08. The van der Waals surface area contributed by atoms with Crippen LogP contribution in [0.25, 0.3) is 17.2 Å². The summed E-state index contributed by atoms with van der Waals surface area (Å²) in [5.74, 6) is 1.84. The first kappa shape index (κ1) is 18.3. The van der Waals surface area contributed by atoms with Crippen molar-refractivity contribution in [3.8, 4) is 17.2 Å². The Bertz CT molecular complexity index is 1130. The van der Waals surface area contributed by atoms with Crippen molar-refractivity contribution in [2.24, 2.45) is 5.92 Å². The highest BCUT2D eigenvalue weighted by Gasteiger charge is 2.26. The highest BCUT2D eigenvalue weighted by atomic mass is 16.1. The number of benzene rings is 1. The van der Waals surface area contributed by atoms with Gasteiger partial charge in [0.2, 0.25) is 5.91 Å². The van der Waals surface area contributed by atoms with Crippen LogP contribution in [0, 0.1) is 5.92 Å². The zero-order chi connectivity index (χ0) is 20.3. The van der Waals surface area contributed by atoms with Crippen molar-refractivity contribution in [3.63, 3.8) is 0 Å². The Morgan fingerprint density at radius 2 is 2.00 bits per heavy atom. The molecule has 1 N–H and O–H groups in total. The van der Waals surface area contributed by atoms with Gasteiger partial charge in [0.05, 0.1) is 0 Å². The van der Waals surface area contributed by atoms with E-state index in [4.69, 9.17) is 0 Å². The molecule has 0 saturated heterocycles. The number of aromatic nitrogens is 5. The zero-order valence-corrected chi connectivity index (χ0v) is 16.5. The fourth-order valence-electron chi connectivity index (χ4n) is 3.91. The van der Waals surface area contributed by atoms with Crippen LogP contribution >= 0.6 is 0 Å². The summed E-state index contributed by atoms with van der Waals surface area (Å²) in [5.41, 5.74) is 3.20. The molecule has 5 rings (SSSR count). The Hall–Kier alpha value is -3.74. The van der Waals surface area contributed by atoms with Gasteiger partial charge >= 0.3 is 0 Å². The van der Waals surface area contributed by atoms with Crippen LogP contribution in [0.4, 0.5) is 0 Å². The predicted octanol–water partition coefficient (Wildman–Crippen LogP) is 3.01. The lowest BCUT2D eigenvalue weighted by Gasteiger charge is -2.24. The Balaban J connectivity index is 1.20. The van der Waals surface area contributed by atoms with Crippen LogP contribution in [-0.2, 0) is 24.3 Å². The van der Waals surface area contributed by atoms with Crippen LogP contribution in [0.5, 0.6) is 0 Å². The number of imidazole rings is 2. The van der Waals surface area contributed by atoms with E-state index in [1.807, 2.05) is 47.3 Å². The quantitative estimate of drug-likeness (QED) is 0.561. The number of carbonyl (C=O) groups excluding carboxylic acids is 1.